The summed E-state index contributed by atoms with van der Waals surface area (Å²) in [7, 11) is 0. The van der Waals surface area contributed by atoms with E-state index in [2.05, 4.69) is 10.6 Å². The summed E-state index contributed by atoms with van der Waals surface area (Å²) in [6, 6.07) is -0.516. The van der Waals surface area contributed by atoms with Crippen molar-refractivity contribution in [2.75, 3.05) is 5.75 Å². The Bertz CT molecular complexity index is 398. The molecular weight excluding hydrogens is 220 g/mol. The molecule has 80 valence electrons. The second kappa shape index (κ2) is 2.46. The first-order chi connectivity index (χ1) is 7.06. The van der Waals surface area contributed by atoms with Crippen LogP contribution in [0.25, 0.3) is 0 Å². The second-order valence-corrected chi connectivity index (χ2v) is 5.21. The fourth-order valence-corrected chi connectivity index (χ4v) is 4.40. The molecule has 0 aromatic carbocycles. The van der Waals surface area contributed by atoms with Gasteiger partial charge in [0.2, 0.25) is 0 Å². The van der Waals surface area contributed by atoms with E-state index in [1.54, 1.807) is 0 Å². The Hall–Kier alpha value is -1.24. The van der Waals surface area contributed by atoms with Gasteiger partial charge in [-0.15, -0.1) is 0 Å². The number of urea groups is 1. The molecule has 3 amide bonds. The van der Waals surface area contributed by atoms with Crippen LogP contribution in [-0.2, 0) is 9.59 Å². The van der Waals surface area contributed by atoms with Gasteiger partial charge in [-0.3, -0.25) is 14.9 Å². The van der Waals surface area contributed by atoms with E-state index in [4.69, 9.17) is 5.11 Å². The summed E-state index contributed by atoms with van der Waals surface area (Å²) < 4.78 is 0. The van der Waals surface area contributed by atoms with Gasteiger partial charge in [0.1, 0.15) is 5.54 Å². The minimum atomic E-state index is -0.963. The van der Waals surface area contributed by atoms with E-state index in [9.17, 15) is 14.4 Å². The van der Waals surface area contributed by atoms with Crippen molar-refractivity contribution < 1.29 is 19.5 Å². The quantitative estimate of drug-likeness (QED) is 0.501. The highest BCUT2D eigenvalue weighted by atomic mass is 32.2. The largest absolute Gasteiger partial charge is 0.481 e. The smallest absolute Gasteiger partial charge is 0.322 e. The van der Waals surface area contributed by atoms with Crippen LogP contribution in [0.5, 0.6) is 0 Å². The molecule has 2 heterocycles. The molecule has 7 heteroatoms. The van der Waals surface area contributed by atoms with Gasteiger partial charge in [-0.05, 0) is 0 Å². The van der Waals surface area contributed by atoms with E-state index >= 15 is 0 Å². The molecule has 4 atom stereocenters. The summed E-state index contributed by atoms with van der Waals surface area (Å²) >= 11 is 1.45. The molecule has 1 aliphatic carbocycles. The number of nitrogens with one attached hydrogen (secondary N) is 2. The minimum Gasteiger partial charge on any atom is -0.481 e. The highest BCUT2D eigenvalue weighted by Crippen LogP contribution is 2.61. The lowest BCUT2D eigenvalue weighted by molar-refractivity contribution is -0.139. The van der Waals surface area contributed by atoms with Gasteiger partial charge in [0.15, 0.2) is 0 Å². The van der Waals surface area contributed by atoms with E-state index in [0.717, 1.165) is 0 Å². The summed E-state index contributed by atoms with van der Waals surface area (Å²) in [5.74, 6) is -1.52. The molecule has 3 N–H and O–H groups in total. The van der Waals surface area contributed by atoms with Crippen LogP contribution in [0.1, 0.15) is 0 Å². The second-order valence-electron chi connectivity index (χ2n) is 4.05. The number of hydrogen-bond acceptors (Lipinski definition) is 4. The van der Waals surface area contributed by atoms with Gasteiger partial charge >= 0.3 is 12.0 Å². The topological polar surface area (TPSA) is 95.5 Å². The van der Waals surface area contributed by atoms with Gasteiger partial charge in [-0.2, -0.15) is 11.8 Å². The summed E-state index contributed by atoms with van der Waals surface area (Å²) in [6.45, 7) is 0. The van der Waals surface area contributed by atoms with Crippen molar-refractivity contribution in [2.24, 2.45) is 11.8 Å². The van der Waals surface area contributed by atoms with E-state index in [-0.39, 0.29) is 17.1 Å². The molecular formula is C8H8N2O4S. The number of carboxylic acid groups (broad SMARTS) is 1. The van der Waals surface area contributed by atoms with Crippen LogP contribution in [-0.4, -0.2) is 39.6 Å². The Morgan fingerprint density at radius 3 is 2.73 bits per heavy atom. The van der Waals surface area contributed by atoms with Crippen molar-refractivity contribution in [3.63, 3.8) is 0 Å². The van der Waals surface area contributed by atoms with E-state index in [1.807, 2.05) is 0 Å². The Morgan fingerprint density at radius 1 is 1.53 bits per heavy atom. The normalized spacial score (nSPS) is 46.3. The third kappa shape index (κ3) is 0.935. The monoisotopic (exact) mass is 228 g/mol. The number of hydrogen-bond donors (Lipinski definition) is 3. The molecule has 0 radical (unpaired) electrons. The zero-order valence-electron chi connectivity index (χ0n) is 7.52. The predicted octanol–water partition coefficient (Wildman–Crippen LogP) is -0.989. The number of aliphatic carboxylic acids is 1. The first kappa shape index (κ1) is 9.02. The maximum atomic E-state index is 11.6. The van der Waals surface area contributed by atoms with Gasteiger partial charge < -0.3 is 10.4 Å². The van der Waals surface area contributed by atoms with Crippen LogP contribution in [0.2, 0.25) is 0 Å². The minimum absolute atomic E-state index is 0.0216. The Morgan fingerprint density at radius 2 is 2.27 bits per heavy atom. The fraction of sp³-hybridized carbons (Fsp3) is 0.625. The highest BCUT2D eigenvalue weighted by molar-refractivity contribution is 8.00. The van der Waals surface area contributed by atoms with E-state index in [0.29, 0.717) is 5.75 Å². The summed E-state index contributed by atoms with van der Waals surface area (Å²) in [5.41, 5.74) is -0.963. The number of amides is 3. The van der Waals surface area contributed by atoms with Gasteiger partial charge in [0.05, 0.1) is 5.92 Å². The molecule has 0 aromatic heterocycles. The van der Waals surface area contributed by atoms with Gasteiger partial charge in [-0.25, -0.2) is 4.79 Å². The molecule has 0 unspecified atom stereocenters. The van der Waals surface area contributed by atoms with E-state index in [1.165, 1.54) is 11.8 Å². The number of thioether (sulfide) groups is 1. The van der Waals surface area contributed by atoms with Crippen molar-refractivity contribution in [1.29, 1.82) is 0 Å². The first-order valence-electron chi connectivity index (χ1n) is 4.54. The van der Waals surface area contributed by atoms with Crippen molar-refractivity contribution in [3.05, 3.63) is 0 Å². The molecule has 3 fully saturated rings. The number of carbonyl (C=O) groups is 3. The fourth-order valence-electron chi connectivity index (χ4n) is 2.54. The first-order valence-corrected chi connectivity index (χ1v) is 5.59. The number of carboxylic acids is 1. The number of imide groups is 1. The lowest BCUT2D eigenvalue weighted by atomic mass is 9.94. The van der Waals surface area contributed by atoms with Gasteiger partial charge in [-0.1, -0.05) is 0 Å². The standard InChI is InChI=1S/C8H8N2O4S/c11-5(12)2-3-4(2)15-1-8(3)6(13)9-7(14)10-8/h2-4H,1H2,(H,11,12)(H2,9,10,13,14)/t2-,3-,4+,8-/m0/s1. The molecule has 2 aliphatic heterocycles. The van der Waals surface area contributed by atoms with Crippen molar-refractivity contribution >= 4 is 29.7 Å². The van der Waals surface area contributed by atoms with Gasteiger partial charge in [0, 0.05) is 16.9 Å². The highest BCUT2D eigenvalue weighted by Gasteiger charge is 2.74. The van der Waals surface area contributed by atoms with Crippen molar-refractivity contribution in [3.8, 4) is 0 Å². The third-order valence-corrected chi connectivity index (χ3v) is 4.87. The molecule has 1 spiro atoms. The average Bonchev–Trinajstić information content (AvgIpc) is 2.68. The van der Waals surface area contributed by atoms with Gasteiger partial charge in [0.25, 0.3) is 5.91 Å². The predicted molar refractivity (Wildman–Crippen MR) is 50.3 cm³/mol. The Kier molecular flexibility index (Phi) is 1.48. The van der Waals surface area contributed by atoms with Crippen LogP contribution >= 0.6 is 11.8 Å². The lowest BCUT2D eigenvalue weighted by Gasteiger charge is -2.21. The summed E-state index contributed by atoms with van der Waals surface area (Å²) in [5, 5.41) is 13.6. The number of carbonyl (C=O) groups excluding carboxylic acids is 2. The molecule has 0 bridgehead atoms. The number of fused-ring (bicyclic) bond motifs is 2. The third-order valence-electron chi connectivity index (χ3n) is 3.28. The Balaban J connectivity index is 1.92. The average molecular weight is 228 g/mol. The molecule has 0 aromatic rings. The van der Waals surface area contributed by atoms with Crippen molar-refractivity contribution in [1.82, 2.24) is 10.6 Å². The maximum Gasteiger partial charge on any atom is 0.322 e. The molecule has 3 rings (SSSR count). The lowest BCUT2D eigenvalue weighted by Crippen LogP contribution is -2.50. The van der Waals surface area contributed by atoms with Crippen LogP contribution in [0, 0.1) is 11.8 Å². The van der Waals surface area contributed by atoms with Crippen LogP contribution < -0.4 is 10.6 Å². The van der Waals surface area contributed by atoms with Crippen LogP contribution in [0.4, 0.5) is 4.79 Å². The van der Waals surface area contributed by atoms with Crippen molar-refractivity contribution in [2.45, 2.75) is 10.8 Å². The molecule has 2 saturated heterocycles. The van der Waals surface area contributed by atoms with Crippen LogP contribution in [0.3, 0.4) is 0 Å². The Labute approximate surface area is 88.8 Å². The van der Waals surface area contributed by atoms with E-state index < -0.39 is 23.5 Å². The van der Waals surface area contributed by atoms with Crippen LogP contribution in [0.15, 0.2) is 0 Å². The zero-order chi connectivity index (χ0) is 10.8. The molecule has 3 aliphatic rings. The molecule has 1 saturated carbocycles. The zero-order valence-corrected chi connectivity index (χ0v) is 8.34. The maximum absolute atomic E-state index is 11.6. The molecule has 6 nitrogen and oxygen atoms in total. The SMILES string of the molecule is O=C1NC(=O)[C@@]2(CS[C@@H]3[C@@H](C(=O)O)[C@@H]32)N1. The molecule has 15 heavy (non-hydrogen) atoms. The number of rotatable bonds is 1. The summed E-state index contributed by atoms with van der Waals surface area (Å²) in [6.07, 6.45) is 0. The summed E-state index contributed by atoms with van der Waals surface area (Å²) in [4.78, 5) is 33.5.